The van der Waals surface area contributed by atoms with Crippen LogP contribution in [-0.2, 0) is 0 Å². The first kappa shape index (κ1) is 11.9. The Bertz CT molecular complexity index is 186. The van der Waals surface area contributed by atoms with Crippen LogP contribution in [0.15, 0.2) is 0 Å². The van der Waals surface area contributed by atoms with Crippen molar-refractivity contribution in [1.82, 2.24) is 4.90 Å². The molecule has 1 fully saturated rings. The van der Waals surface area contributed by atoms with Gasteiger partial charge in [0, 0.05) is 18.6 Å². The molecule has 2 N–H and O–H groups in total. The first-order valence-corrected chi connectivity index (χ1v) is 6.06. The molecule has 0 amide bonds. The van der Waals surface area contributed by atoms with Crippen LogP contribution in [-0.4, -0.2) is 28.5 Å². The van der Waals surface area contributed by atoms with E-state index in [4.69, 9.17) is 18.0 Å². The third kappa shape index (κ3) is 3.54. The highest BCUT2D eigenvalue weighted by atomic mass is 32.1. The van der Waals surface area contributed by atoms with E-state index < -0.39 is 0 Å². The molecule has 14 heavy (non-hydrogen) atoms. The van der Waals surface area contributed by atoms with E-state index in [0.29, 0.717) is 17.1 Å². The van der Waals surface area contributed by atoms with Crippen molar-refractivity contribution in [3.8, 4) is 0 Å². The Balaban J connectivity index is 2.51. The highest BCUT2D eigenvalue weighted by molar-refractivity contribution is 7.80. The minimum Gasteiger partial charge on any atom is -0.392 e. The Hall–Kier alpha value is -0.150. The summed E-state index contributed by atoms with van der Waals surface area (Å²) in [5.41, 5.74) is 5.63. The second-order valence-corrected chi connectivity index (χ2v) is 5.05. The first-order chi connectivity index (χ1) is 6.61. The summed E-state index contributed by atoms with van der Waals surface area (Å²) in [6.07, 6.45) is 6.77. The van der Waals surface area contributed by atoms with Crippen LogP contribution in [0.4, 0.5) is 0 Å². The maximum atomic E-state index is 5.63. The Kier molecular flexibility index (Phi) is 4.82. The molecular weight excluding hydrogens is 192 g/mol. The summed E-state index contributed by atoms with van der Waals surface area (Å²) >= 11 is 5.00. The molecule has 1 aliphatic carbocycles. The molecule has 2 nitrogen and oxygen atoms in total. The van der Waals surface area contributed by atoms with Crippen molar-refractivity contribution in [2.45, 2.75) is 58.0 Å². The lowest BCUT2D eigenvalue weighted by atomic mass is 9.93. The molecule has 3 heteroatoms. The van der Waals surface area contributed by atoms with Gasteiger partial charge in [0.05, 0.1) is 4.99 Å². The minimum atomic E-state index is 0.555. The molecule has 0 aromatic heterocycles. The van der Waals surface area contributed by atoms with Crippen LogP contribution in [0.5, 0.6) is 0 Å². The van der Waals surface area contributed by atoms with Crippen LogP contribution in [0.1, 0.15) is 46.0 Å². The Morgan fingerprint density at radius 2 is 1.93 bits per heavy atom. The quantitative estimate of drug-likeness (QED) is 0.728. The third-order valence-corrected chi connectivity index (χ3v) is 3.17. The molecule has 1 saturated carbocycles. The maximum absolute atomic E-state index is 5.63. The zero-order valence-electron chi connectivity index (χ0n) is 9.33. The second kappa shape index (κ2) is 5.66. The smallest absolute Gasteiger partial charge is 0.0870 e. The van der Waals surface area contributed by atoms with Gasteiger partial charge in [-0.05, 0) is 26.7 Å². The number of hydrogen-bond acceptors (Lipinski definition) is 2. The van der Waals surface area contributed by atoms with Gasteiger partial charge < -0.3 is 5.73 Å². The summed E-state index contributed by atoms with van der Waals surface area (Å²) in [5, 5.41) is 0. The average Bonchev–Trinajstić information content (AvgIpc) is 2.15. The van der Waals surface area contributed by atoms with Gasteiger partial charge in [-0.2, -0.15) is 0 Å². The Labute approximate surface area is 92.8 Å². The first-order valence-electron chi connectivity index (χ1n) is 5.65. The number of hydrogen-bond donors (Lipinski definition) is 1. The van der Waals surface area contributed by atoms with E-state index in [1.54, 1.807) is 0 Å². The van der Waals surface area contributed by atoms with Crippen molar-refractivity contribution >= 4 is 17.2 Å². The van der Waals surface area contributed by atoms with Gasteiger partial charge in [0.2, 0.25) is 0 Å². The summed E-state index contributed by atoms with van der Waals surface area (Å²) < 4.78 is 0. The molecule has 0 bridgehead atoms. The minimum absolute atomic E-state index is 0.555. The molecule has 1 aliphatic rings. The van der Waals surface area contributed by atoms with Crippen LogP contribution in [0.25, 0.3) is 0 Å². The molecular formula is C11H22N2S. The lowest BCUT2D eigenvalue weighted by Gasteiger charge is -2.36. The maximum Gasteiger partial charge on any atom is 0.0870 e. The highest BCUT2D eigenvalue weighted by Gasteiger charge is 2.23. The molecule has 0 unspecified atom stereocenters. The summed E-state index contributed by atoms with van der Waals surface area (Å²) in [6.45, 7) is 5.25. The standard InChI is InChI=1S/C11H22N2S/c1-9(2)13(8-11(12)14)10-6-4-3-5-7-10/h9-10H,3-8H2,1-2H3,(H2,12,14). The molecule has 0 saturated heterocycles. The van der Waals surface area contributed by atoms with E-state index in [1.165, 1.54) is 32.1 Å². The normalized spacial score (nSPS) is 19.1. The van der Waals surface area contributed by atoms with Gasteiger partial charge in [-0.1, -0.05) is 31.5 Å². The molecule has 0 aromatic carbocycles. The average molecular weight is 214 g/mol. The van der Waals surface area contributed by atoms with Gasteiger partial charge in [-0.15, -0.1) is 0 Å². The number of rotatable bonds is 4. The van der Waals surface area contributed by atoms with Crippen LogP contribution in [0, 0.1) is 0 Å². The molecule has 0 aromatic rings. The lowest BCUT2D eigenvalue weighted by molar-refractivity contribution is 0.141. The van der Waals surface area contributed by atoms with Crippen LogP contribution < -0.4 is 5.73 Å². The van der Waals surface area contributed by atoms with Crippen LogP contribution in [0.2, 0.25) is 0 Å². The monoisotopic (exact) mass is 214 g/mol. The van der Waals surface area contributed by atoms with E-state index in [1.807, 2.05) is 0 Å². The van der Waals surface area contributed by atoms with E-state index in [9.17, 15) is 0 Å². The van der Waals surface area contributed by atoms with Crippen molar-refractivity contribution in [3.05, 3.63) is 0 Å². The third-order valence-electron chi connectivity index (χ3n) is 3.05. The summed E-state index contributed by atoms with van der Waals surface area (Å²) in [4.78, 5) is 3.09. The fourth-order valence-electron chi connectivity index (χ4n) is 2.33. The van der Waals surface area contributed by atoms with Gasteiger partial charge in [0.15, 0.2) is 0 Å². The predicted octanol–water partition coefficient (Wildman–Crippen LogP) is 2.32. The van der Waals surface area contributed by atoms with Gasteiger partial charge in [-0.25, -0.2) is 0 Å². The topological polar surface area (TPSA) is 29.3 Å². The number of nitrogens with two attached hydrogens (primary N) is 1. The molecule has 82 valence electrons. The summed E-state index contributed by atoms with van der Waals surface area (Å²) in [5.74, 6) is 0. The van der Waals surface area contributed by atoms with E-state index in [-0.39, 0.29) is 0 Å². The van der Waals surface area contributed by atoms with Crippen molar-refractivity contribution in [1.29, 1.82) is 0 Å². The van der Waals surface area contributed by atoms with Crippen molar-refractivity contribution < 1.29 is 0 Å². The highest BCUT2D eigenvalue weighted by Crippen LogP contribution is 2.23. The van der Waals surface area contributed by atoms with Crippen LogP contribution in [0.3, 0.4) is 0 Å². The van der Waals surface area contributed by atoms with Gasteiger partial charge in [-0.3, -0.25) is 4.90 Å². The zero-order valence-corrected chi connectivity index (χ0v) is 10.1. The molecule has 1 rings (SSSR count). The largest absolute Gasteiger partial charge is 0.392 e. The van der Waals surface area contributed by atoms with E-state index >= 15 is 0 Å². The van der Waals surface area contributed by atoms with Gasteiger partial charge in [0.25, 0.3) is 0 Å². The van der Waals surface area contributed by atoms with Gasteiger partial charge >= 0.3 is 0 Å². The summed E-state index contributed by atoms with van der Waals surface area (Å²) in [6, 6.07) is 1.27. The molecule has 0 heterocycles. The molecule has 0 aliphatic heterocycles. The fraction of sp³-hybridized carbons (Fsp3) is 0.909. The van der Waals surface area contributed by atoms with E-state index in [2.05, 4.69) is 18.7 Å². The predicted molar refractivity (Wildman–Crippen MR) is 65.5 cm³/mol. The zero-order chi connectivity index (χ0) is 10.6. The Morgan fingerprint density at radius 1 is 1.36 bits per heavy atom. The van der Waals surface area contributed by atoms with Gasteiger partial charge in [0.1, 0.15) is 0 Å². The van der Waals surface area contributed by atoms with E-state index in [0.717, 1.165) is 6.54 Å². The Morgan fingerprint density at radius 3 is 2.36 bits per heavy atom. The second-order valence-electron chi connectivity index (χ2n) is 4.52. The lowest BCUT2D eigenvalue weighted by Crippen LogP contribution is -2.45. The summed E-state index contributed by atoms with van der Waals surface area (Å²) in [7, 11) is 0. The molecule has 0 atom stereocenters. The van der Waals surface area contributed by atoms with Crippen molar-refractivity contribution in [3.63, 3.8) is 0 Å². The van der Waals surface area contributed by atoms with Crippen molar-refractivity contribution in [2.24, 2.45) is 5.73 Å². The number of thiocarbonyl (C=S) groups is 1. The van der Waals surface area contributed by atoms with Crippen molar-refractivity contribution in [2.75, 3.05) is 6.54 Å². The molecule has 0 radical (unpaired) electrons. The number of nitrogens with zero attached hydrogens (tertiary/aromatic N) is 1. The molecule has 0 spiro atoms. The SMILES string of the molecule is CC(C)N(CC(N)=S)C1CCCCC1. The van der Waals surface area contributed by atoms with Crippen LogP contribution >= 0.6 is 12.2 Å². The fourth-order valence-corrected chi connectivity index (χ4v) is 2.48.